The summed E-state index contributed by atoms with van der Waals surface area (Å²) in [5, 5.41) is 3.84. The fraction of sp³-hybridized carbons (Fsp3) is 0. The van der Waals surface area contributed by atoms with Crippen LogP contribution in [0.4, 0.5) is 0 Å². The van der Waals surface area contributed by atoms with Crippen LogP contribution in [0.1, 0.15) is 9.75 Å². The van der Waals surface area contributed by atoms with E-state index in [1.54, 1.807) is 12.2 Å². The summed E-state index contributed by atoms with van der Waals surface area (Å²) >= 11 is 3.04. The van der Waals surface area contributed by atoms with Crippen LogP contribution in [-0.2, 0) is 9.59 Å². The third-order valence-corrected chi connectivity index (χ3v) is 3.80. The number of carbonyl (C=O) groups excluding carboxylic acids is 2. The van der Waals surface area contributed by atoms with Crippen LogP contribution in [0.15, 0.2) is 47.2 Å². The number of rotatable bonds is 5. The van der Waals surface area contributed by atoms with Crippen LogP contribution in [-0.4, -0.2) is 11.6 Å². The van der Waals surface area contributed by atoms with Crippen molar-refractivity contribution in [3.63, 3.8) is 0 Å². The Hall–Kier alpha value is -1.78. The topological polar surface area (TPSA) is 34.1 Å². The highest BCUT2D eigenvalue weighted by Crippen LogP contribution is 2.11. The second-order valence-corrected chi connectivity index (χ2v) is 5.38. The van der Waals surface area contributed by atoms with Gasteiger partial charge >= 0.3 is 0 Å². The summed E-state index contributed by atoms with van der Waals surface area (Å²) in [5.74, 6) is -1.01. The molecule has 2 heterocycles. The molecule has 0 aliphatic carbocycles. The standard InChI is InChI=1S/C14H10O2S2/c15-13(7-5-11-3-1-9-17-11)14(16)8-6-12-4-2-10-18-12/h1-10H/b7-5+,8-6+. The minimum Gasteiger partial charge on any atom is -0.286 e. The van der Waals surface area contributed by atoms with E-state index >= 15 is 0 Å². The van der Waals surface area contributed by atoms with E-state index < -0.39 is 11.6 Å². The maximum atomic E-state index is 11.5. The Balaban J connectivity index is 1.95. The highest BCUT2D eigenvalue weighted by molar-refractivity contribution is 7.11. The average molecular weight is 274 g/mol. The first-order chi connectivity index (χ1) is 8.75. The smallest absolute Gasteiger partial charge is 0.225 e. The normalized spacial score (nSPS) is 11.3. The van der Waals surface area contributed by atoms with Crippen LogP contribution < -0.4 is 0 Å². The number of carbonyl (C=O) groups is 2. The van der Waals surface area contributed by atoms with Crippen molar-refractivity contribution in [2.75, 3.05) is 0 Å². The fourth-order valence-corrected chi connectivity index (χ4v) is 2.49. The minimum atomic E-state index is -0.504. The van der Waals surface area contributed by atoms with Gasteiger partial charge in [-0.15, -0.1) is 22.7 Å². The van der Waals surface area contributed by atoms with E-state index in [0.29, 0.717) is 0 Å². The van der Waals surface area contributed by atoms with Crippen molar-refractivity contribution in [3.8, 4) is 0 Å². The lowest BCUT2D eigenvalue weighted by molar-refractivity contribution is -0.130. The molecule has 2 rings (SSSR count). The first kappa shape index (κ1) is 12.7. The van der Waals surface area contributed by atoms with Crippen LogP contribution in [0.25, 0.3) is 12.2 Å². The number of hydrogen-bond donors (Lipinski definition) is 0. The van der Waals surface area contributed by atoms with Gasteiger partial charge in [-0.2, -0.15) is 0 Å². The lowest BCUT2D eigenvalue weighted by atomic mass is 10.2. The monoisotopic (exact) mass is 274 g/mol. The first-order valence-electron chi connectivity index (χ1n) is 5.27. The molecule has 0 aromatic carbocycles. The van der Waals surface area contributed by atoms with Crippen molar-refractivity contribution in [3.05, 3.63) is 56.9 Å². The highest BCUT2D eigenvalue weighted by Gasteiger charge is 2.05. The molecule has 18 heavy (non-hydrogen) atoms. The van der Waals surface area contributed by atoms with Crippen LogP contribution in [0, 0.1) is 0 Å². The van der Waals surface area contributed by atoms with Gasteiger partial charge < -0.3 is 0 Å². The largest absolute Gasteiger partial charge is 0.286 e. The zero-order chi connectivity index (χ0) is 12.8. The zero-order valence-electron chi connectivity index (χ0n) is 9.41. The third kappa shape index (κ3) is 3.61. The number of hydrogen-bond acceptors (Lipinski definition) is 4. The molecule has 0 radical (unpaired) electrons. The van der Waals surface area contributed by atoms with Crippen LogP contribution >= 0.6 is 22.7 Å². The number of allylic oxidation sites excluding steroid dienone is 2. The lowest BCUT2D eigenvalue weighted by Crippen LogP contribution is -2.06. The molecule has 0 atom stereocenters. The molecule has 2 aromatic heterocycles. The van der Waals surface area contributed by atoms with Crippen LogP contribution in [0.3, 0.4) is 0 Å². The summed E-state index contributed by atoms with van der Waals surface area (Å²) in [6.45, 7) is 0. The van der Waals surface area contributed by atoms with Gasteiger partial charge in [0.25, 0.3) is 0 Å². The second-order valence-electron chi connectivity index (χ2n) is 3.43. The second kappa shape index (κ2) is 6.23. The molecule has 2 nitrogen and oxygen atoms in total. The van der Waals surface area contributed by atoms with Gasteiger partial charge in [-0.1, -0.05) is 12.1 Å². The van der Waals surface area contributed by atoms with Crippen molar-refractivity contribution < 1.29 is 9.59 Å². The molecular formula is C14H10O2S2. The molecule has 0 bridgehead atoms. The zero-order valence-corrected chi connectivity index (χ0v) is 11.0. The molecule has 4 heteroatoms. The van der Waals surface area contributed by atoms with E-state index in [4.69, 9.17) is 0 Å². The lowest BCUT2D eigenvalue weighted by Gasteiger charge is -1.87. The molecule has 0 saturated heterocycles. The van der Waals surface area contributed by atoms with E-state index in [2.05, 4.69) is 0 Å². The summed E-state index contributed by atoms with van der Waals surface area (Å²) in [6, 6.07) is 7.57. The molecule has 0 N–H and O–H groups in total. The maximum absolute atomic E-state index is 11.5. The molecule has 0 unspecified atom stereocenters. The van der Waals surface area contributed by atoms with E-state index in [1.165, 1.54) is 34.8 Å². The molecule has 2 aromatic rings. The van der Waals surface area contributed by atoms with Crippen LogP contribution in [0.5, 0.6) is 0 Å². The molecular weight excluding hydrogens is 264 g/mol. The number of thiophene rings is 2. The Morgan fingerprint density at radius 2 is 1.28 bits per heavy atom. The first-order valence-corrected chi connectivity index (χ1v) is 7.03. The molecule has 90 valence electrons. The Kier molecular flexibility index (Phi) is 4.39. The van der Waals surface area contributed by atoms with Crippen molar-refractivity contribution in [2.45, 2.75) is 0 Å². The molecule has 0 spiro atoms. The Morgan fingerprint density at radius 3 is 1.61 bits per heavy atom. The quantitative estimate of drug-likeness (QED) is 0.615. The van der Waals surface area contributed by atoms with Crippen molar-refractivity contribution in [1.82, 2.24) is 0 Å². The van der Waals surface area contributed by atoms with Gasteiger partial charge in [-0.25, -0.2) is 0 Å². The van der Waals surface area contributed by atoms with Gasteiger partial charge in [0.15, 0.2) is 0 Å². The van der Waals surface area contributed by atoms with E-state index in [1.807, 2.05) is 35.0 Å². The van der Waals surface area contributed by atoms with Crippen molar-refractivity contribution in [1.29, 1.82) is 0 Å². The summed E-state index contributed by atoms with van der Waals surface area (Å²) < 4.78 is 0. The molecule has 0 aliphatic heterocycles. The Bertz CT molecular complexity index is 521. The molecule has 0 saturated carbocycles. The third-order valence-electron chi connectivity index (χ3n) is 2.13. The SMILES string of the molecule is O=C(/C=C/c1cccs1)C(=O)/C=C/c1cccs1. The number of ketones is 2. The summed E-state index contributed by atoms with van der Waals surface area (Å²) in [5.41, 5.74) is 0. The predicted octanol–water partition coefficient (Wildman–Crippen LogP) is 3.67. The van der Waals surface area contributed by atoms with Gasteiger partial charge in [0, 0.05) is 9.75 Å². The maximum Gasteiger partial charge on any atom is 0.225 e. The van der Waals surface area contributed by atoms with E-state index in [0.717, 1.165) is 9.75 Å². The van der Waals surface area contributed by atoms with Gasteiger partial charge in [0.2, 0.25) is 11.6 Å². The van der Waals surface area contributed by atoms with E-state index in [9.17, 15) is 9.59 Å². The van der Waals surface area contributed by atoms with Gasteiger partial charge in [-0.3, -0.25) is 9.59 Å². The predicted molar refractivity (Wildman–Crippen MR) is 76.7 cm³/mol. The van der Waals surface area contributed by atoms with Crippen molar-refractivity contribution in [2.24, 2.45) is 0 Å². The molecule has 0 aliphatic rings. The molecule has 0 fully saturated rings. The van der Waals surface area contributed by atoms with Gasteiger partial charge in [-0.05, 0) is 47.2 Å². The minimum absolute atomic E-state index is 0.504. The summed E-state index contributed by atoms with van der Waals surface area (Å²) in [4.78, 5) is 25.0. The summed E-state index contributed by atoms with van der Waals surface area (Å²) in [6.07, 6.45) is 5.94. The Labute approximate surface area is 113 Å². The fourth-order valence-electron chi connectivity index (χ4n) is 1.25. The Morgan fingerprint density at radius 1 is 0.833 bits per heavy atom. The highest BCUT2D eigenvalue weighted by atomic mass is 32.1. The van der Waals surface area contributed by atoms with E-state index in [-0.39, 0.29) is 0 Å². The van der Waals surface area contributed by atoms with Crippen LogP contribution in [0.2, 0.25) is 0 Å². The summed E-state index contributed by atoms with van der Waals surface area (Å²) in [7, 11) is 0. The van der Waals surface area contributed by atoms with Crippen molar-refractivity contribution >= 4 is 46.4 Å². The van der Waals surface area contributed by atoms with Gasteiger partial charge in [0.05, 0.1) is 0 Å². The molecule has 0 amide bonds. The van der Waals surface area contributed by atoms with Gasteiger partial charge in [0.1, 0.15) is 0 Å². The average Bonchev–Trinajstić information content (AvgIpc) is 3.05.